The molecule has 1 aromatic carbocycles. The highest BCUT2D eigenvalue weighted by molar-refractivity contribution is 5.98. The van der Waals surface area contributed by atoms with Crippen LogP contribution in [0.1, 0.15) is 46.3 Å². The minimum Gasteiger partial charge on any atom is -0.497 e. The van der Waals surface area contributed by atoms with Crippen molar-refractivity contribution in [3.8, 4) is 11.5 Å². The average Bonchev–Trinajstić information content (AvgIpc) is 3.30. The predicted molar refractivity (Wildman–Crippen MR) is 122 cm³/mol. The van der Waals surface area contributed by atoms with Gasteiger partial charge in [-0.25, -0.2) is 0 Å². The van der Waals surface area contributed by atoms with Gasteiger partial charge in [-0.05, 0) is 37.5 Å². The minimum absolute atomic E-state index is 0.192. The molecule has 2 aliphatic rings. The maximum absolute atomic E-state index is 13.2. The molecule has 10 heteroatoms. The number of hydrogen-bond donors (Lipinski definition) is 0. The summed E-state index contributed by atoms with van der Waals surface area (Å²) in [5.74, 6) is 0.241. The Hall–Kier alpha value is -3.56. The number of rotatable bonds is 7. The first-order valence-electron chi connectivity index (χ1n) is 11.5. The van der Waals surface area contributed by atoms with Gasteiger partial charge in [-0.2, -0.15) is 5.10 Å². The molecule has 10 nitrogen and oxygen atoms in total. The molecule has 1 atom stereocenters. The molecule has 0 N–H and O–H groups in total. The van der Waals surface area contributed by atoms with E-state index in [1.165, 1.54) is 0 Å². The molecule has 1 unspecified atom stereocenters. The number of amides is 2. The highest BCUT2D eigenvalue weighted by atomic mass is 16.5. The summed E-state index contributed by atoms with van der Waals surface area (Å²) in [6.45, 7) is 4.28. The number of piperidine rings is 1. The fourth-order valence-electron chi connectivity index (χ4n) is 4.45. The Morgan fingerprint density at radius 2 is 1.79 bits per heavy atom. The molecule has 0 bridgehead atoms. The standard InChI is InChI=1S/C24H30N4O6/c1-4-34-24(31)17-6-5-7-26(15-17)22(29)20-13-21-23(30)27(8-9-28(21)25-20)14-16-10-18(32-2)12-19(11-16)33-3/h10-13,17H,4-9,14-15H2,1-3H3. The van der Waals surface area contributed by atoms with Crippen LogP contribution in [0, 0.1) is 5.92 Å². The van der Waals surface area contributed by atoms with E-state index in [0.717, 1.165) is 12.0 Å². The number of nitrogens with zero attached hydrogens (tertiary/aromatic N) is 4. The third-order valence-electron chi connectivity index (χ3n) is 6.20. The van der Waals surface area contributed by atoms with E-state index < -0.39 is 0 Å². The lowest BCUT2D eigenvalue weighted by molar-refractivity contribution is -0.149. The molecule has 182 valence electrons. The van der Waals surface area contributed by atoms with Gasteiger partial charge < -0.3 is 24.0 Å². The number of benzene rings is 1. The summed E-state index contributed by atoms with van der Waals surface area (Å²) in [6, 6.07) is 7.07. The van der Waals surface area contributed by atoms with Crippen LogP contribution in [-0.4, -0.2) is 77.8 Å². The predicted octanol–water partition coefficient (Wildman–Crippen LogP) is 1.97. The maximum atomic E-state index is 13.2. The van der Waals surface area contributed by atoms with E-state index in [2.05, 4.69) is 5.10 Å². The lowest BCUT2D eigenvalue weighted by Crippen LogP contribution is -2.43. The highest BCUT2D eigenvalue weighted by Gasteiger charge is 2.33. The van der Waals surface area contributed by atoms with E-state index >= 15 is 0 Å². The van der Waals surface area contributed by atoms with Crippen molar-refractivity contribution >= 4 is 17.8 Å². The van der Waals surface area contributed by atoms with Crippen LogP contribution in [0.3, 0.4) is 0 Å². The smallest absolute Gasteiger partial charge is 0.310 e. The van der Waals surface area contributed by atoms with Crippen molar-refractivity contribution in [2.75, 3.05) is 40.5 Å². The van der Waals surface area contributed by atoms with Crippen LogP contribution >= 0.6 is 0 Å². The van der Waals surface area contributed by atoms with Gasteiger partial charge in [-0.3, -0.25) is 19.1 Å². The molecule has 2 aromatic rings. The van der Waals surface area contributed by atoms with Gasteiger partial charge in [0.15, 0.2) is 5.69 Å². The zero-order valence-corrected chi connectivity index (χ0v) is 19.8. The topological polar surface area (TPSA) is 103 Å². The van der Waals surface area contributed by atoms with E-state index in [-0.39, 0.29) is 29.4 Å². The van der Waals surface area contributed by atoms with Gasteiger partial charge in [0.2, 0.25) is 0 Å². The first kappa shape index (κ1) is 23.6. The van der Waals surface area contributed by atoms with Crippen molar-refractivity contribution < 1.29 is 28.6 Å². The number of hydrogen-bond acceptors (Lipinski definition) is 7. The second-order valence-electron chi connectivity index (χ2n) is 8.43. The summed E-state index contributed by atoms with van der Waals surface area (Å²) in [6.07, 6.45) is 1.42. The molecular weight excluding hydrogens is 440 g/mol. The molecule has 1 saturated heterocycles. The normalized spacial score (nSPS) is 17.9. The van der Waals surface area contributed by atoms with Crippen LogP contribution < -0.4 is 9.47 Å². The van der Waals surface area contributed by atoms with Gasteiger partial charge in [-0.15, -0.1) is 0 Å². The molecule has 2 aliphatic heterocycles. The minimum atomic E-state index is -0.327. The SMILES string of the molecule is CCOC(=O)C1CCCN(C(=O)c2cc3n(n2)CCN(Cc2cc(OC)cc(OC)c2)C3=O)C1. The number of ether oxygens (including phenoxy) is 3. The third-order valence-corrected chi connectivity index (χ3v) is 6.20. The number of carbonyl (C=O) groups is 3. The average molecular weight is 471 g/mol. The molecule has 4 rings (SSSR count). The number of carbonyl (C=O) groups excluding carboxylic acids is 3. The Kier molecular flexibility index (Phi) is 7.04. The number of aromatic nitrogens is 2. The van der Waals surface area contributed by atoms with Crippen LogP contribution in [0.15, 0.2) is 24.3 Å². The Labute approximate surface area is 198 Å². The van der Waals surface area contributed by atoms with Crippen molar-refractivity contribution in [3.05, 3.63) is 41.2 Å². The van der Waals surface area contributed by atoms with E-state index in [1.807, 2.05) is 12.1 Å². The lowest BCUT2D eigenvalue weighted by atomic mass is 9.98. The molecule has 1 fully saturated rings. The first-order chi connectivity index (χ1) is 16.4. The monoisotopic (exact) mass is 470 g/mol. The fraction of sp³-hybridized carbons (Fsp3) is 0.500. The molecule has 2 amide bonds. The summed E-state index contributed by atoms with van der Waals surface area (Å²) in [5, 5.41) is 4.40. The van der Waals surface area contributed by atoms with Crippen molar-refractivity contribution in [1.82, 2.24) is 19.6 Å². The van der Waals surface area contributed by atoms with Gasteiger partial charge in [0, 0.05) is 38.3 Å². The second-order valence-corrected chi connectivity index (χ2v) is 8.43. The number of fused-ring (bicyclic) bond motifs is 1. The molecule has 3 heterocycles. The van der Waals surface area contributed by atoms with Crippen molar-refractivity contribution in [3.63, 3.8) is 0 Å². The summed E-state index contributed by atoms with van der Waals surface area (Å²) in [5.41, 5.74) is 1.48. The van der Waals surface area contributed by atoms with E-state index in [1.54, 1.807) is 47.8 Å². The van der Waals surface area contributed by atoms with Crippen molar-refractivity contribution in [2.24, 2.45) is 5.92 Å². The Balaban J connectivity index is 1.47. The molecule has 1 aromatic heterocycles. The summed E-state index contributed by atoms with van der Waals surface area (Å²) in [7, 11) is 3.16. The van der Waals surface area contributed by atoms with Gasteiger partial charge in [0.1, 0.15) is 17.2 Å². The van der Waals surface area contributed by atoms with Crippen molar-refractivity contribution in [1.29, 1.82) is 0 Å². The highest BCUT2D eigenvalue weighted by Crippen LogP contribution is 2.25. The molecule has 34 heavy (non-hydrogen) atoms. The summed E-state index contributed by atoms with van der Waals surface area (Å²) >= 11 is 0. The van der Waals surface area contributed by atoms with Crippen LogP contribution in [-0.2, 0) is 22.6 Å². The Bertz CT molecular complexity index is 1060. The molecular formula is C24H30N4O6. The van der Waals surface area contributed by atoms with Gasteiger partial charge >= 0.3 is 5.97 Å². The van der Waals surface area contributed by atoms with E-state index in [9.17, 15) is 14.4 Å². The zero-order chi connectivity index (χ0) is 24.2. The van der Waals surface area contributed by atoms with Crippen molar-refractivity contribution in [2.45, 2.75) is 32.9 Å². The Morgan fingerprint density at radius 3 is 2.47 bits per heavy atom. The van der Waals surface area contributed by atoms with E-state index in [0.29, 0.717) is 62.9 Å². The fourth-order valence-corrected chi connectivity index (χ4v) is 4.45. The van der Waals surface area contributed by atoms with Gasteiger partial charge in [0.25, 0.3) is 11.8 Å². The zero-order valence-electron chi connectivity index (χ0n) is 19.8. The summed E-state index contributed by atoms with van der Waals surface area (Å²) < 4.78 is 17.4. The lowest BCUT2D eigenvalue weighted by Gasteiger charge is -2.31. The van der Waals surface area contributed by atoms with Crippen LogP contribution in [0.25, 0.3) is 0 Å². The molecule has 0 saturated carbocycles. The number of esters is 1. The first-order valence-corrected chi connectivity index (χ1v) is 11.5. The number of methoxy groups -OCH3 is 2. The quantitative estimate of drug-likeness (QED) is 0.570. The van der Waals surface area contributed by atoms with Crippen LogP contribution in [0.4, 0.5) is 0 Å². The van der Waals surface area contributed by atoms with E-state index in [4.69, 9.17) is 14.2 Å². The van der Waals surface area contributed by atoms with Crippen LogP contribution in [0.2, 0.25) is 0 Å². The number of likely N-dealkylation sites (tertiary alicyclic amines) is 1. The second kappa shape index (κ2) is 10.1. The molecule has 0 aliphatic carbocycles. The molecule has 0 radical (unpaired) electrons. The van der Waals surface area contributed by atoms with Crippen LogP contribution in [0.5, 0.6) is 11.5 Å². The third kappa shape index (κ3) is 4.85. The van der Waals surface area contributed by atoms with Gasteiger partial charge in [-0.1, -0.05) is 0 Å². The summed E-state index contributed by atoms with van der Waals surface area (Å²) in [4.78, 5) is 41.8. The Morgan fingerprint density at radius 1 is 1.06 bits per heavy atom. The largest absolute Gasteiger partial charge is 0.497 e. The molecule has 0 spiro atoms. The maximum Gasteiger partial charge on any atom is 0.310 e. The van der Waals surface area contributed by atoms with Gasteiger partial charge in [0.05, 0.1) is 33.3 Å².